The molecule has 2 aliphatic rings. The maximum Gasteiger partial charge on any atom is 0.0897 e. The Morgan fingerprint density at radius 3 is 2.33 bits per heavy atom. The third-order valence-electron chi connectivity index (χ3n) is 5.07. The summed E-state index contributed by atoms with van der Waals surface area (Å²) in [6.07, 6.45) is 7.79. The molecule has 0 unspecified atom stereocenters. The third kappa shape index (κ3) is 2.09. The van der Waals surface area contributed by atoms with E-state index < -0.39 is 5.60 Å². The average Bonchev–Trinajstić information content (AvgIpc) is 2.80. The molecule has 1 fully saturated rings. The summed E-state index contributed by atoms with van der Waals surface area (Å²) in [6.45, 7) is 4.63. The summed E-state index contributed by atoms with van der Waals surface area (Å²) in [4.78, 5) is 0. The monoisotopic (exact) mass is 244 g/mol. The molecule has 1 saturated carbocycles. The van der Waals surface area contributed by atoms with Crippen LogP contribution in [0.3, 0.4) is 0 Å². The smallest absolute Gasteiger partial charge is 0.0897 e. The van der Waals surface area contributed by atoms with E-state index >= 15 is 0 Å². The minimum atomic E-state index is -0.562. The van der Waals surface area contributed by atoms with Gasteiger partial charge in [-0.25, -0.2) is 0 Å². The van der Waals surface area contributed by atoms with Crippen LogP contribution in [0.4, 0.5) is 0 Å². The Bertz CT molecular complexity index is 449. The predicted octanol–water partition coefficient (Wildman–Crippen LogP) is 3.96. The summed E-state index contributed by atoms with van der Waals surface area (Å²) >= 11 is 0. The Labute approximate surface area is 110 Å². The fourth-order valence-corrected chi connectivity index (χ4v) is 3.49. The second-order valence-corrected chi connectivity index (χ2v) is 7.03. The first-order valence-corrected chi connectivity index (χ1v) is 7.33. The van der Waals surface area contributed by atoms with Crippen LogP contribution in [0.1, 0.15) is 62.6 Å². The van der Waals surface area contributed by atoms with Crippen LogP contribution in [-0.2, 0) is 18.4 Å². The van der Waals surface area contributed by atoms with Gasteiger partial charge in [-0.2, -0.15) is 0 Å². The minimum Gasteiger partial charge on any atom is -0.385 e. The molecule has 2 aliphatic carbocycles. The predicted molar refractivity (Wildman–Crippen MR) is 74.6 cm³/mol. The van der Waals surface area contributed by atoms with E-state index in [0.29, 0.717) is 5.41 Å². The van der Waals surface area contributed by atoms with Gasteiger partial charge < -0.3 is 5.11 Å². The molecule has 0 radical (unpaired) electrons. The first-order chi connectivity index (χ1) is 8.49. The van der Waals surface area contributed by atoms with Gasteiger partial charge in [0.15, 0.2) is 0 Å². The van der Waals surface area contributed by atoms with Crippen molar-refractivity contribution in [3.63, 3.8) is 0 Å². The number of hydrogen-bond acceptors (Lipinski definition) is 1. The first-order valence-electron chi connectivity index (χ1n) is 7.33. The molecule has 3 rings (SSSR count). The Morgan fingerprint density at radius 1 is 0.944 bits per heavy atom. The highest BCUT2D eigenvalue weighted by Crippen LogP contribution is 2.45. The lowest BCUT2D eigenvalue weighted by Gasteiger charge is -2.40. The maximum atomic E-state index is 10.9. The van der Waals surface area contributed by atoms with Crippen LogP contribution < -0.4 is 0 Å². The zero-order valence-electron chi connectivity index (χ0n) is 11.6. The van der Waals surface area contributed by atoms with Gasteiger partial charge in [-0.05, 0) is 67.1 Å². The number of hydrogen-bond donors (Lipinski definition) is 1. The molecule has 0 saturated heterocycles. The highest BCUT2D eigenvalue weighted by atomic mass is 16.3. The maximum absolute atomic E-state index is 10.9. The molecule has 0 aliphatic heterocycles. The third-order valence-corrected chi connectivity index (χ3v) is 5.07. The van der Waals surface area contributed by atoms with Crippen molar-refractivity contribution < 1.29 is 5.11 Å². The van der Waals surface area contributed by atoms with Gasteiger partial charge >= 0.3 is 0 Å². The summed E-state index contributed by atoms with van der Waals surface area (Å²) < 4.78 is 0. The topological polar surface area (TPSA) is 20.2 Å². The van der Waals surface area contributed by atoms with Crippen molar-refractivity contribution in [2.45, 2.75) is 64.4 Å². The number of fused-ring (bicyclic) bond motifs is 1. The van der Waals surface area contributed by atoms with Crippen LogP contribution in [0.2, 0.25) is 0 Å². The standard InChI is InChI=1S/C17H24O/c1-16(2)8-10-17(18,11-9-16)15-7-6-13-4-3-5-14(13)12-15/h6-7,12,18H,3-5,8-11H2,1-2H3. The Kier molecular flexibility index (Phi) is 2.78. The summed E-state index contributed by atoms with van der Waals surface area (Å²) in [5, 5.41) is 10.9. The van der Waals surface area contributed by atoms with E-state index in [1.54, 1.807) is 0 Å². The van der Waals surface area contributed by atoms with E-state index in [1.807, 2.05) is 0 Å². The molecule has 0 heterocycles. The molecule has 18 heavy (non-hydrogen) atoms. The van der Waals surface area contributed by atoms with Crippen LogP contribution in [0.25, 0.3) is 0 Å². The van der Waals surface area contributed by atoms with E-state index in [0.717, 1.165) is 25.7 Å². The molecule has 0 spiro atoms. The molecule has 1 aromatic carbocycles. The highest BCUT2D eigenvalue weighted by Gasteiger charge is 2.38. The van der Waals surface area contributed by atoms with Gasteiger partial charge in [-0.3, -0.25) is 0 Å². The Morgan fingerprint density at radius 2 is 1.61 bits per heavy atom. The Hall–Kier alpha value is -0.820. The molecule has 1 nitrogen and oxygen atoms in total. The molecule has 98 valence electrons. The van der Waals surface area contributed by atoms with Crippen LogP contribution in [0, 0.1) is 5.41 Å². The van der Waals surface area contributed by atoms with E-state index in [4.69, 9.17) is 0 Å². The quantitative estimate of drug-likeness (QED) is 0.792. The summed E-state index contributed by atoms with van der Waals surface area (Å²) in [5.74, 6) is 0. The van der Waals surface area contributed by atoms with Gasteiger partial charge in [0.2, 0.25) is 0 Å². The van der Waals surface area contributed by atoms with E-state index in [9.17, 15) is 5.11 Å². The normalized spacial score (nSPS) is 24.8. The lowest BCUT2D eigenvalue weighted by atomic mass is 9.68. The molecule has 0 aromatic heterocycles. The number of aryl methyl sites for hydroxylation is 2. The van der Waals surface area contributed by atoms with Crippen LogP contribution in [-0.4, -0.2) is 5.11 Å². The van der Waals surface area contributed by atoms with Crippen molar-refractivity contribution in [2.24, 2.45) is 5.41 Å². The average molecular weight is 244 g/mol. The molecule has 1 N–H and O–H groups in total. The van der Waals surface area contributed by atoms with E-state index in [1.165, 1.54) is 36.0 Å². The van der Waals surface area contributed by atoms with Gasteiger partial charge in [0, 0.05) is 0 Å². The van der Waals surface area contributed by atoms with Crippen molar-refractivity contribution in [1.82, 2.24) is 0 Å². The largest absolute Gasteiger partial charge is 0.385 e. The number of benzene rings is 1. The van der Waals surface area contributed by atoms with Gasteiger partial charge in [0.05, 0.1) is 5.60 Å². The first kappa shape index (κ1) is 12.2. The van der Waals surface area contributed by atoms with Gasteiger partial charge in [0.1, 0.15) is 0 Å². The zero-order chi connectivity index (χ0) is 12.8. The van der Waals surface area contributed by atoms with Gasteiger partial charge in [0.25, 0.3) is 0 Å². The van der Waals surface area contributed by atoms with Crippen LogP contribution in [0.5, 0.6) is 0 Å². The van der Waals surface area contributed by atoms with Crippen molar-refractivity contribution in [3.8, 4) is 0 Å². The van der Waals surface area contributed by atoms with Crippen molar-refractivity contribution in [1.29, 1.82) is 0 Å². The second-order valence-electron chi connectivity index (χ2n) is 7.03. The molecule has 0 bridgehead atoms. The molecule has 1 aromatic rings. The molecular formula is C17H24O. The van der Waals surface area contributed by atoms with Crippen LogP contribution in [0.15, 0.2) is 18.2 Å². The summed E-state index contributed by atoms with van der Waals surface area (Å²) in [6, 6.07) is 6.69. The van der Waals surface area contributed by atoms with Crippen molar-refractivity contribution in [3.05, 3.63) is 34.9 Å². The van der Waals surface area contributed by atoms with E-state index in [2.05, 4.69) is 32.0 Å². The van der Waals surface area contributed by atoms with Gasteiger partial charge in [-0.15, -0.1) is 0 Å². The second kappa shape index (κ2) is 4.09. The van der Waals surface area contributed by atoms with Crippen LogP contribution >= 0.6 is 0 Å². The molecule has 1 heteroatoms. The van der Waals surface area contributed by atoms with Crippen molar-refractivity contribution >= 4 is 0 Å². The summed E-state index contributed by atoms with van der Waals surface area (Å²) in [7, 11) is 0. The minimum absolute atomic E-state index is 0.406. The SMILES string of the molecule is CC1(C)CCC(O)(c2ccc3c(c2)CCC3)CC1. The summed E-state index contributed by atoms with van der Waals surface area (Å²) in [5.41, 5.74) is 3.98. The van der Waals surface area contributed by atoms with Crippen molar-refractivity contribution in [2.75, 3.05) is 0 Å². The molecule has 0 amide bonds. The highest BCUT2D eigenvalue weighted by molar-refractivity contribution is 5.37. The fourth-order valence-electron chi connectivity index (χ4n) is 3.49. The fraction of sp³-hybridized carbons (Fsp3) is 0.647. The molecular weight excluding hydrogens is 220 g/mol. The number of aliphatic hydroxyl groups is 1. The number of rotatable bonds is 1. The zero-order valence-corrected chi connectivity index (χ0v) is 11.6. The Balaban J connectivity index is 1.86. The lowest BCUT2D eigenvalue weighted by molar-refractivity contribution is -0.0306. The molecule has 0 atom stereocenters. The van der Waals surface area contributed by atoms with Gasteiger partial charge in [-0.1, -0.05) is 32.0 Å². The van der Waals surface area contributed by atoms with E-state index in [-0.39, 0.29) is 0 Å². The lowest BCUT2D eigenvalue weighted by Crippen LogP contribution is -2.34.